The smallest absolute Gasteiger partial charge is 0.273 e. The number of carbonyl (C=O) groups is 2. The highest BCUT2D eigenvalue weighted by atomic mass is 16.6. The van der Waals surface area contributed by atoms with Crippen molar-refractivity contribution in [3.63, 3.8) is 0 Å². The van der Waals surface area contributed by atoms with Crippen LogP contribution in [0.2, 0.25) is 0 Å². The molecule has 2 aromatic carbocycles. The molecular weight excluding hydrogens is 382 g/mol. The van der Waals surface area contributed by atoms with Crippen molar-refractivity contribution < 1.29 is 14.5 Å². The molecule has 2 amide bonds. The molecule has 1 N–H and O–H groups in total. The molecule has 0 saturated carbocycles. The number of hydrogen-bond acceptors (Lipinski definition) is 4. The lowest BCUT2D eigenvalue weighted by molar-refractivity contribution is -0.385. The molecule has 0 fully saturated rings. The summed E-state index contributed by atoms with van der Waals surface area (Å²) in [5.41, 5.74) is 2.18. The molecule has 0 bridgehead atoms. The molecule has 0 aliphatic carbocycles. The van der Waals surface area contributed by atoms with E-state index in [9.17, 15) is 19.7 Å². The Balaban J connectivity index is 2.28. The van der Waals surface area contributed by atoms with Gasteiger partial charge in [-0.2, -0.15) is 0 Å². The van der Waals surface area contributed by atoms with Crippen molar-refractivity contribution in [1.82, 2.24) is 10.2 Å². The van der Waals surface area contributed by atoms with E-state index in [1.807, 2.05) is 38.1 Å². The van der Waals surface area contributed by atoms with Crippen molar-refractivity contribution in [2.45, 2.75) is 52.6 Å². The lowest BCUT2D eigenvalue weighted by Crippen LogP contribution is -2.48. The van der Waals surface area contributed by atoms with E-state index in [0.29, 0.717) is 12.1 Å². The van der Waals surface area contributed by atoms with Gasteiger partial charge in [0.15, 0.2) is 0 Å². The lowest BCUT2D eigenvalue weighted by atomic mass is 10.0. The number of para-hydroxylation sites is 1. The third kappa shape index (κ3) is 6.14. The predicted octanol–water partition coefficient (Wildman–Crippen LogP) is 3.78. The number of amides is 2. The second-order valence-corrected chi connectivity index (χ2v) is 7.33. The fraction of sp³-hybridized carbons (Fsp3) is 0.391. The molecule has 0 unspecified atom stereocenters. The number of unbranched alkanes of at least 4 members (excludes halogenated alkanes) is 1. The van der Waals surface area contributed by atoms with Gasteiger partial charge in [-0.05, 0) is 31.4 Å². The molecule has 1 atom stereocenters. The first kappa shape index (κ1) is 23.1. The van der Waals surface area contributed by atoms with Gasteiger partial charge in [0, 0.05) is 24.7 Å². The molecule has 0 radical (unpaired) electrons. The first-order valence-corrected chi connectivity index (χ1v) is 10.2. The van der Waals surface area contributed by atoms with Gasteiger partial charge in [0.25, 0.3) is 5.69 Å². The van der Waals surface area contributed by atoms with Crippen molar-refractivity contribution >= 4 is 17.5 Å². The summed E-state index contributed by atoms with van der Waals surface area (Å²) in [5, 5.41) is 14.2. The largest absolute Gasteiger partial charge is 0.354 e. The van der Waals surface area contributed by atoms with E-state index in [4.69, 9.17) is 0 Å². The van der Waals surface area contributed by atoms with Crippen molar-refractivity contribution in [3.05, 3.63) is 75.3 Å². The van der Waals surface area contributed by atoms with Gasteiger partial charge in [-0.3, -0.25) is 19.7 Å². The van der Waals surface area contributed by atoms with Crippen LogP contribution in [0, 0.1) is 17.0 Å². The molecule has 0 saturated heterocycles. The van der Waals surface area contributed by atoms with Crippen LogP contribution >= 0.6 is 0 Å². The molecule has 0 aromatic heterocycles. The minimum absolute atomic E-state index is 0.0956. The number of nitro benzene ring substituents is 1. The first-order valence-electron chi connectivity index (χ1n) is 10.2. The zero-order chi connectivity index (χ0) is 22.1. The molecular formula is C23H29N3O4. The van der Waals surface area contributed by atoms with Gasteiger partial charge < -0.3 is 10.2 Å². The van der Waals surface area contributed by atoms with Crippen molar-refractivity contribution in [3.8, 4) is 0 Å². The van der Waals surface area contributed by atoms with E-state index >= 15 is 0 Å². The van der Waals surface area contributed by atoms with E-state index in [2.05, 4.69) is 5.32 Å². The van der Waals surface area contributed by atoms with E-state index in [-0.39, 0.29) is 30.5 Å². The molecule has 0 aliphatic heterocycles. The van der Waals surface area contributed by atoms with Crippen LogP contribution in [0.3, 0.4) is 0 Å². The summed E-state index contributed by atoms with van der Waals surface area (Å²) in [7, 11) is 0. The number of nitrogens with zero attached hydrogens (tertiary/aromatic N) is 2. The Morgan fingerprint density at radius 1 is 1.10 bits per heavy atom. The van der Waals surface area contributed by atoms with Crippen molar-refractivity contribution in [1.29, 1.82) is 0 Å². The fourth-order valence-electron chi connectivity index (χ4n) is 3.19. The maximum atomic E-state index is 13.2. The molecule has 2 rings (SSSR count). The Morgan fingerprint density at radius 2 is 1.73 bits per heavy atom. The van der Waals surface area contributed by atoms with Crippen LogP contribution in [0.15, 0.2) is 48.5 Å². The summed E-state index contributed by atoms with van der Waals surface area (Å²) >= 11 is 0. The van der Waals surface area contributed by atoms with E-state index < -0.39 is 11.0 Å². The Bertz CT molecular complexity index is 898. The maximum absolute atomic E-state index is 13.2. The highest BCUT2D eigenvalue weighted by Gasteiger charge is 2.28. The summed E-state index contributed by atoms with van der Waals surface area (Å²) in [6, 6.07) is 13.2. The van der Waals surface area contributed by atoms with Crippen LogP contribution in [-0.2, 0) is 22.6 Å². The van der Waals surface area contributed by atoms with Gasteiger partial charge in [-0.25, -0.2) is 0 Å². The van der Waals surface area contributed by atoms with Crippen LogP contribution in [0.4, 0.5) is 5.69 Å². The van der Waals surface area contributed by atoms with Crippen LogP contribution in [-0.4, -0.2) is 34.2 Å². The van der Waals surface area contributed by atoms with Crippen LogP contribution < -0.4 is 5.32 Å². The highest BCUT2D eigenvalue weighted by Crippen LogP contribution is 2.21. The van der Waals surface area contributed by atoms with Crippen LogP contribution in [0.1, 0.15) is 43.4 Å². The maximum Gasteiger partial charge on any atom is 0.273 e. The molecule has 7 nitrogen and oxygen atoms in total. The third-order valence-electron chi connectivity index (χ3n) is 5.13. The third-order valence-corrected chi connectivity index (χ3v) is 5.13. The zero-order valence-corrected chi connectivity index (χ0v) is 17.8. The standard InChI is InChI=1S/C23H29N3O4/c1-4-5-14-24-23(28)18(3)25(16-20-12-7-6-10-17(20)2)22(27)15-19-11-8-9-13-21(19)26(29)30/h6-13,18H,4-5,14-16H2,1-3H3,(H,24,28)/t18-/m1/s1. The minimum atomic E-state index is -0.697. The summed E-state index contributed by atoms with van der Waals surface area (Å²) in [5.74, 6) is -0.557. The Morgan fingerprint density at radius 3 is 2.37 bits per heavy atom. The number of rotatable bonds is 10. The van der Waals surface area contributed by atoms with Crippen molar-refractivity contribution in [2.24, 2.45) is 0 Å². The van der Waals surface area contributed by atoms with Gasteiger partial charge in [-0.1, -0.05) is 55.8 Å². The second-order valence-electron chi connectivity index (χ2n) is 7.33. The van der Waals surface area contributed by atoms with Gasteiger partial charge in [0.2, 0.25) is 11.8 Å². The average molecular weight is 412 g/mol. The lowest BCUT2D eigenvalue weighted by Gasteiger charge is -2.29. The van der Waals surface area contributed by atoms with Gasteiger partial charge in [-0.15, -0.1) is 0 Å². The summed E-state index contributed by atoms with van der Waals surface area (Å²) in [6.07, 6.45) is 1.67. The number of carbonyl (C=O) groups excluding carboxylic acids is 2. The summed E-state index contributed by atoms with van der Waals surface area (Å²) in [6.45, 7) is 6.49. The van der Waals surface area contributed by atoms with Crippen LogP contribution in [0.5, 0.6) is 0 Å². The summed E-state index contributed by atoms with van der Waals surface area (Å²) in [4.78, 5) is 38.2. The van der Waals surface area contributed by atoms with Crippen LogP contribution in [0.25, 0.3) is 0 Å². The quantitative estimate of drug-likeness (QED) is 0.366. The molecule has 0 aliphatic rings. The second kappa shape index (κ2) is 11.1. The van der Waals surface area contributed by atoms with Gasteiger partial charge >= 0.3 is 0 Å². The zero-order valence-electron chi connectivity index (χ0n) is 17.8. The molecule has 0 spiro atoms. The van der Waals surface area contributed by atoms with E-state index in [1.165, 1.54) is 11.0 Å². The Kier molecular flexibility index (Phi) is 8.53. The van der Waals surface area contributed by atoms with E-state index in [0.717, 1.165) is 24.0 Å². The molecule has 30 heavy (non-hydrogen) atoms. The minimum Gasteiger partial charge on any atom is -0.354 e. The molecule has 2 aromatic rings. The SMILES string of the molecule is CCCCNC(=O)[C@@H](C)N(Cc1ccccc1C)C(=O)Cc1ccccc1[N+](=O)[O-]. The normalized spacial score (nSPS) is 11.6. The monoisotopic (exact) mass is 411 g/mol. The Labute approximate surface area is 177 Å². The topological polar surface area (TPSA) is 92.6 Å². The molecule has 0 heterocycles. The fourth-order valence-corrected chi connectivity index (χ4v) is 3.19. The first-order chi connectivity index (χ1) is 14.3. The number of hydrogen-bond donors (Lipinski definition) is 1. The van der Waals surface area contributed by atoms with E-state index in [1.54, 1.807) is 25.1 Å². The van der Waals surface area contributed by atoms with Crippen molar-refractivity contribution in [2.75, 3.05) is 6.54 Å². The molecule has 7 heteroatoms. The Hall–Kier alpha value is -3.22. The predicted molar refractivity (Wildman–Crippen MR) is 116 cm³/mol. The highest BCUT2D eigenvalue weighted by molar-refractivity contribution is 5.88. The number of nitro groups is 1. The summed E-state index contributed by atoms with van der Waals surface area (Å²) < 4.78 is 0. The number of benzene rings is 2. The van der Waals surface area contributed by atoms with Gasteiger partial charge in [0.05, 0.1) is 11.3 Å². The van der Waals surface area contributed by atoms with Gasteiger partial charge in [0.1, 0.15) is 6.04 Å². The molecule has 160 valence electrons. The average Bonchev–Trinajstić information content (AvgIpc) is 2.73. The number of nitrogens with one attached hydrogen (secondary N) is 1. The number of aryl methyl sites for hydroxylation is 1.